The van der Waals surface area contributed by atoms with Gasteiger partial charge in [0.1, 0.15) is 0 Å². The Morgan fingerprint density at radius 1 is 0.361 bits per heavy atom. The Labute approximate surface area is 369 Å². The summed E-state index contributed by atoms with van der Waals surface area (Å²) in [7, 11) is -3.81. The van der Waals surface area contributed by atoms with Crippen LogP contribution in [0.3, 0.4) is 0 Å². The summed E-state index contributed by atoms with van der Waals surface area (Å²) < 4.78 is 4.55. The predicted molar refractivity (Wildman–Crippen MR) is 264 cm³/mol. The van der Waals surface area contributed by atoms with Gasteiger partial charge in [-0.2, -0.15) is 0 Å². The molecule has 4 aromatic carbocycles. The van der Waals surface area contributed by atoms with E-state index in [0.29, 0.717) is 35.6 Å². The molecule has 324 valence electrons. The van der Waals surface area contributed by atoms with Gasteiger partial charge >= 0.3 is 0 Å². The van der Waals surface area contributed by atoms with E-state index in [2.05, 4.69) is 205 Å². The molecule has 61 heavy (non-hydrogen) atoms. The van der Waals surface area contributed by atoms with Crippen molar-refractivity contribution in [3.63, 3.8) is 0 Å². The number of aromatic nitrogens is 4. The third-order valence-corrected chi connectivity index (χ3v) is 16.0. The van der Waals surface area contributed by atoms with Gasteiger partial charge in [0.2, 0.25) is 8.40 Å². The van der Waals surface area contributed by atoms with Crippen LogP contribution in [-0.2, 0) is 0 Å². The van der Waals surface area contributed by atoms with Crippen molar-refractivity contribution in [1.29, 1.82) is 0 Å². The minimum atomic E-state index is -3.81. The highest BCUT2D eigenvalue weighted by Gasteiger charge is 2.43. The zero-order valence-corrected chi connectivity index (χ0v) is 41.0. The highest BCUT2D eigenvalue weighted by molar-refractivity contribution is 7.11. The van der Waals surface area contributed by atoms with E-state index >= 15 is 0 Å². The molecule has 0 bridgehead atoms. The summed E-state index contributed by atoms with van der Waals surface area (Å²) in [6.45, 7) is 36.9. The van der Waals surface area contributed by atoms with Crippen molar-refractivity contribution in [2.45, 2.75) is 158 Å². The Morgan fingerprint density at radius 2 is 0.590 bits per heavy atom. The first-order valence-electron chi connectivity index (χ1n) is 23.0. The average molecular weight is 833 g/mol. The fourth-order valence-corrected chi connectivity index (χ4v) is 14.0. The molecule has 0 amide bonds. The van der Waals surface area contributed by atoms with E-state index < -0.39 is 8.40 Å². The summed E-state index contributed by atoms with van der Waals surface area (Å²) in [5.41, 5.74) is 12.6. The van der Waals surface area contributed by atoms with Crippen LogP contribution in [0, 0.1) is 0 Å². The molecule has 6 rings (SSSR count). The normalized spacial score (nSPS) is 12.5. The van der Waals surface area contributed by atoms with Crippen molar-refractivity contribution >= 4 is 30.7 Å². The zero-order chi connectivity index (χ0) is 44.5. The maximum Gasteiger partial charge on any atom is 0.204 e. The van der Waals surface area contributed by atoms with Crippen molar-refractivity contribution in [3.05, 3.63) is 152 Å². The number of imidazole rings is 2. The number of para-hydroxylation sites is 2. The van der Waals surface area contributed by atoms with Gasteiger partial charge in [0.05, 0.1) is 0 Å². The molecule has 0 N–H and O–H groups in total. The first kappa shape index (κ1) is 45.6. The topological polar surface area (TPSA) is 63.8 Å². The lowest BCUT2D eigenvalue weighted by Crippen LogP contribution is -2.62. The molecule has 6 aromatic rings. The summed E-state index contributed by atoms with van der Waals surface area (Å²) in [6, 6.07) is 27.3. The molecule has 0 saturated carbocycles. The van der Waals surface area contributed by atoms with Crippen LogP contribution >= 0.6 is 0 Å². The quantitative estimate of drug-likeness (QED) is 0.0912. The van der Waals surface area contributed by atoms with E-state index in [9.17, 15) is 0 Å². The van der Waals surface area contributed by atoms with Crippen LogP contribution in [0.5, 0.6) is 0 Å². The van der Waals surface area contributed by atoms with Gasteiger partial charge in [-0.15, -0.1) is 0 Å². The Bertz CT molecular complexity index is 2150. The minimum Gasteiger partial charge on any atom is -0.395 e. The Balaban J connectivity index is 1.85. The van der Waals surface area contributed by atoms with Crippen molar-refractivity contribution < 1.29 is 0 Å². The van der Waals surface area contributed by atoms with Crippen LogP contribution in [0.25, 0.3) is 21.3 Å². The number of nitrogens with zero attached hydrogens (tertiary/aromatic N) is 6. The van der Waals surface area contributed by atoms with Crippen molar-refractivity contribution in [2.24, 2.45) is 0 Å². The summed E-state index contributed by atoms with van der Waals surface area (Å²) >= 11 is 0. The first-order chi connectivity index (χ1) is 28.9. The minimum absolute atomic E-state index is 0.211. The second kappa shape index (κ2) is 18.6. The Morgan fingerprint density at radius 3 is 0.820 bits per heavy atom. The SMILES string of the molecule is CC(C)c1cccc(C(C)C)c1-n1ccnc1[N-][Si]([N-]c1nccn1-c1c(C(C)C)cccc1C(C)C)(c1c(C(C)C)cccc1C(C)C)c1c(C(C)C)cccc1C(C)C. The highest BCUT2D eigenvalue weighted by Crippen LogP contribution is 2.44. The second-order valence-electron chi connectivity index (χ2n) is 19.5. The zero-order valence-electron chi connectivity index (χ0n) is 40.0. The van der Waals surface area contributed by atoms with Crippen molar-refractivity contribution in [1.82, 2.24) is 19.1 Å². The van der Waals surface area contributed by atoms with Crippen LogP contribution in [-0.4, -0.2) is 27.5 Å². The lowest BCUT2D eigenvalue weighted by atomic mass is 9.92. The number of rotatable bonds is 16. The van der Waals surface area contributed by atoms with Crippen LogP contribution in [0.2, 0.25) is 0 Å². The van der Waals surface area contributed by atoms with Crippen molar-refractivity contribution in [2.75, 3.05) is 0 Å². The molecule has 0 atom stereocenters. The van der Waals surface area contributed by atoms with E-state index in [-0.39, 0.29) is 23.7 Å². The predicted octanol–water partition coefficient (Wildman–Crippen LogP) is 15.0. The van der Waals surface area contributed by atoms with E-state index in [4.69, 9.17) is 19.9 Å². The van der Waals surface area contributed by atoms with E-state index in [0.717, 1.165) is 0 Å². The lowest BCUT2D eigenvalue weighted by Gasteiger charge is -2.47. The molecule has 0 spiro atoms. The van der Waals surface area contributed by atoms with E-state index in [1.54, 1.807) is 0 Å². The van der Waals surface area contributed by atoms with Crippen LogP contribution in [0.15, 0.2) is 97.6 Å². The van der Waals surface area contributed by atoms with Gasteiger partial charge in [-0.3, -0.25) is 0 Å². The highest BCUT2D eigenvalue weighted by atomic mass is 28.3. The fourth-order valence-electron chi connectivity index (χ4n) is 9.26. The van der Waals surface area contributed by atoms with E-state index in [1.807, 2.05) is 12.4 Å². The molecule has 0 saturated heterocycles. The molecule has 2 aromatic heterocycles. The largest absolute Gasteiger partial charge is 0.395 e. The van der Waals surface area contributed by atoms with Gasteiger partial charge in [0.15, 0.2) is 0 Å². The molecule has 0 aliphatic carbocycles. The van der Waals surface area contributed by atoms with Gasteiger partial charge in [0.25, 0.3) is 0 Å². The molecule has 0 aliphatic rings. The number of hydrogen-bond acceptors (Lipinski definition) is 2. The average Bonchev–Trinajstić information content (AvgIpc) is 3.88. The lowest BCUT2D eigenvalue weighted by molar-refractivity contribution is 0.807. The Kier molecular flexibility index (Phi) is 13.9. The molecule has 0 unspecified atom stereocenters. The summed E-state index contributed by atoms with van der Waals surface area (Å²) in [5.74, 6) is 3.37. The first-order valence-corrected chi connectivity index (χ1v) is 24.9. The van der Waals surface area contributed by atoms with Gasteiger partial charge in [0, 0.05) is 11.9 Å². The monoisotopic (exact) mass is 833 g/mol. The standard InChI is InChI=1S/C54H72N6Si/c1-33(2)41-21-17-22-42(34(3)4)49(41)59-31-29-55-53(59)57-61(51-45(37(9)10)25-19-26-46(51)38(11)12,52-47(39(13)14)27-20-28-48(52)40(15)16)58-54-56-30-32-60(54)50-43(35(5)6)23-18-24-44(50)36(7)8/h17-40H,1-16H3/q-2. The smallest absolute Gasteiger partial charge is 0.204 e. The van der Waals surface area contributed by atoms with Gasteiger partial charge in [-0.1, -0.05) is 184 Å². The molecular weight excluding hydrogens is 761 g/mol. The van der Waals surface area contributed by atoms with Crippen molar-refractivity contribution in [3.8, 4) is 11.4 Å². The summed E-state index contributed by atoms with van der Waals surface area (Å²) in [6.07, 6.45) is 8.11. The van der Waals surface area contributed by atoms with Crippen LogP contribution < -0.4 is 10.4 Å². The maximum atomic E-state index is 6.34. The van der Waals surface area contributed by atoms with Gasteiger partial charge in [-0.25, -0.2) is 0 Å². The molecule has 6 nitrogen and oxygen atoms in total. The third-order valence-electron chi connectivity index (χ3n) is 12.4. The van der Waals surface area contributed by atoms with Gasteiger partial charge in [-0.05, 0) is 138 Å². The van der Waals surface area contributed by atoms with Gasteiger partial charge < -0.3 is 29.1 Å². The molecule has 0 fully saturated rings. The van der Waals surface area contributed by atoms with E-state index in [1.165, 1.54) is 66.3 Å². The second-order valence-corrected chi connectivity index (χ2v) is 22.3. The Hall–Kier alpha value is -4.88. The summed E-state index contributed by atoms with van der Waals surface area (Å²) in [4.78, 5) is 23.2. The van der Waals surface area contributed by atoms with Crippen LogP contribution in [0.4, 0.5) is 11.9 Å². The third kappa shape index (κ3) is 8.78. The van der Waals surface area contributed by atoms with Crippen LogP contribution in [0.1, 0.15) is 203 Å². The summed E-state index contributed by atoms with van der Waals surface area (Å²) in [5, 5.41) is 2.50. The molecule has 0 radical (unpaired) electrons. The molecule has 2 heterocycles. The molecule has 0 aliphatic heterocycles. The number of benzene rings is 4. The molecular formula is C54H72N6Si-2. The fraction of sp³-hybridized carbons (Fsp3) is 0.444. The maximum absolute atomic E-state index is 6.34. The molecule has 7 heteroatoms. The number of hydrogen-bond donors (Lipinski definition) is 0.